The normalized spacial score (nSPS) is 14.2. The maximum absolute atomic E-state index is 13.4. The van der Waals surface area contributed by atoms with Crippen LogP contribution in [0.5, 0.6) is 0 Å². The van der Waals surface area contributed by atoms with E-state index in [9.17, 15) is 18.8 Å². The number of carbonyl (C=O) groups excluding carboxylic acids is 1. The van der Waals surface area contributed by atoms with Crippen molar-refractivity contribution < 1.29 is 38.2 Å². The number of hydrogen-bond donors (Lipinski definition) is 2. The summed E-state index contributed by atoms with van der Waals surface area (Å²) in [5.74, 6) is -2.48. The highest BCUT2D eigenvalue weighted by molar-refractivity contribution is 5.89. The highest BCUT2D eigenvalue weighted by Crippen LogP contribution is 2.32. The standard InChI is InChI=1S/C26H39FN2O3.C4H4O4/c1-2-3-4-5-6-7-8-11-25(30)31-19-10-9-16-29-17-14-21(15-18-29)26-23-13-12-22(27)20-24(23)32-28-26;5-3(6)1-2-4(7)8/h12-13,20-21H,2-11,14-19H2,1H3;1-2H,(H,5,6)(H,7,8)/b;2-1+. The van der Waals surface area contributed by atoms with E-state index in [2.05, 4.69) is 17.0 Å². The number of aliphatic carboxylic acids is 2. The van der Waals surface area contributed by atoms with Crippen molar-refractivity contribution in [3.63, 3.8) is 0 Å². The number of nitrogens with zero attached hydrogens (tertiary/aromatic N) is 2. The molecule has 40 heavy (non-hydrogen) atoms. The Labute approximate surface area is 235 Å². The number of halogens is 1. The van der Waals surface area contributed by atoms with E-state index in [1.807, 2.05) is 0 Å². The third-order valence-electron chi connectivity index (χ3n) is 6.92. The Kier molecular flexibility index (Phi) is 15.6. The van der Waals surface area contributed by atoms with Gasteiger partial charge in [-0.1, -0.05) is 50.6 Å². The zero-order valence-corrected chi connectivity index (χ0v) is 23.5. The Morgan fingerprint density at radius 3 is 2.30 bits per heavy atom. The molecule has 0 bridgehead atoms. The average Bonchev–Trinajstić information content (AvgIpc) is 3.35. The van der Waals surface area contributed by atoms with Crippen LogP contribution in [0.1, 0.15) is 95.6 Å². The van der Waals surface area contributed by atoms with Crippen LogP contribution in [0.25, 0.3) is 11.0 Å². The van der Waals surface area contributed by atoms with Crippen molar-refractivity contribution in [2.75, 3.05) is 26.2 Å². The molecule has 10 heteroatoms. The first-order chi connectivity index (χ1) is 19.3. The molecule has 1 fully saturated rings. The van der Waals surface area contributed by atoms with Gasteiger partial charge in [-0.05, 0) is 63.9 Å². The van der Waals surface area contributed by atoms with E-state index in [1.165, 1.54) is 44.2 Å². The molecule has 2 N–H and O–H groups in total. The fourth-order valence-electron chi connectivity index (χ4n) is 4.72. The van der Waals surface area contributed by atoms with Gasteiger partial charge in [0, 0.05) is 35.9 Å². The van der Waals surface area contributed by atoms with E-state index >= 15 is 0 Å². The predicted octanol–water partition coefficient (Wildman–Crippen LogP) is 6.32. The van der Waals surface area contributed by atoms with Crippen molar-refractivity contribution >= 4 is 28.9 Å². The number of benzene rings is 1. The number of rotatable bonds is 16. The lowest BCUT2D eigenvalue weighted by atomic mass is 9.91. The van der Waals surface area contributed by atoms with E-state index in [4.69, 9.17) is 19.5 Å². The number of hydrogen-bond acceptors (Lipinski definition) is 7. The molecule has 0 radical (unpaired) electrons. The second-order valence-corrected chi connectivity index (χ2v) is 10.1. The SMILES string of the molecule is CCCCCCCCCC(=O)OCCCCN1CCC(c2noc3cc(F)ccc23)CC1.O=C(O)/C=C/C(=O)O. The number of unbranched alkanes of at least 4 members (excludes halogenated alkanes) is 7. The minimum absolute atomic E-state index is 0.0425. The minimum Gasteiger partial charge on any atom is -0.478 e. The molecule has 2 heterocycles. The molecule has 0 spiro atoms. The third kappa shape index (κ3) is 13.2. The van der Waals surface area contributed by atoms with Gasteiger partial charge in [-0.15, -0.1) is 0 Å². The summed E-state index contributed by atoms with van der Waals surface area (Å²) in [5, 5.41) is 20.8. The van der Waals surface area contributed by atoms with Gasteiger partial charge >= 0.3 is 17.9 Å². The van der Waals surface area contributed by atoms with Crippen LogP contribution in [0, 0.1) is 5.82 Å². The van der Waals surface area contributed by atoms with Crippen LogP contribution in [0.3, 0.4) is 0 Å². The van der Waals surface area contributed by atoms with Crippen LogP contribution in [0.4, 0.5) is 4.39 Å². The highest BCUT2D eigenvalue weighted by Gasteiger charge is 2.24. The molecule has 0 saturated carbocycles. The zero-order valence-electron chi connectivity index (χ0n) is 23.5. The van der Waals surface area contributed by atoms with E-state index in [0.29, 0.717) is 36.7 Å². The molecule has 1 aliphatic rings. The molecular formula is C30H43FN2O7. The number of fused-ring (bicyclic) bond motifs is 1. The van der Waals surface area contributed by atoms with Crippen LogP contribution >= 0.6 is 0 Å². The molecule has 1 aliphatic heterocycles. The lowest BCUT2D eigenvalue weighted by molar-refractivity contribution is -0.144. The lowest BCUT2D eigenvalue weighted by Crippen LogP contribution is -2.33. The number of piperidine rings is 1. The molecule has 0 atom stereocenters. The van der Waals surface area contributed by atoms with E-state index < -0.39 is 11.9 Å². The summed E-state index contributed by atoms with van der Waals surface area (Å²) < 4.78 is 24.1. The van der Waals surface area contributed by atoms with Crippen molar-refractivity contribution in [1.29, 1.82) is 0 Å². The van der Waals surface area contributed by atoms with Gasteiger partial charge in [-0.25, -0.2) is 14.0 Å². The smallest absolute Gasteiger partial charge is 0.328 e. The second kappa shape index (κ2) is 18.9. The largest absolute Gasteiger partial charge is 0.478 e. The summed E-state index contributed by atoms with van der Waals surface area (Å²) >= 11 is 0. The molecule has 0 unspecified atom stereocenters. The summed E-state index contributed by atoms with van der Waals surface area (Å²) in [6, 6.07) is 4.65. The number of likely N-dealkylation sites (tertiary alicyclic amines) is 1. The van der Waals surface area contributed by atoms with Gasteiger partial charge in [0.15, 0.2) is 5.58 Å². The number of esters is 1. The van der Waals surface area contributed by atoms with Gasteiger partial charge in [-0.3, -0.25) is 4.79 Å². The maximum atomic E-state index is 13.4. The maximum Gasteiger partial charge on any atom is 0.328 e. The van der Waals surface area contributed by atoms with Crippen LogP contribution in [0.15, 0.2) is 34.9 Å². The zero-order chi connectivity index (χ0) is 29.2. The fraction of sp³-hybridized carbons (Fsp3) is 0.600. The third-order valence-corrected chi connectivity index (χ3v) is 6.92. The Morgan fingerprint density at radius 1 is 1.00 bits per heavy atom. The number of carboxylic acids is 2. The van der Waals surface area contributed by atoms with Crippen molar-refractivity contribution in [2.45, 2.75) is 89.9 Å². The van der Waals surface area contributed by atoms with Crippen LogP contribution in [-0.2, 0) is 19.1 Å². The first-order valence-electron chi connectivity index (χ1n) is 14.4. The van der Waals surface area contributed by atoms with Gasteiger partial charge in [0.2, 0.25) is 0 Å². The van der Waals surface area contributed by atoms with E-state index in [0.717, 1.165) is 69.2 Å². The number of carbonyl (C=O) groups is 3. The molecule has 3 rings (SSSR count). The molecule has 1 aromatic heterocycles. The van der Waals surface area contributed by atoms with Crippen molar-refractivity contribution in [1.82, 2.24) is 10.1 Å². The molecule has 0 amide bonds. The fourth-order valence-corrected chi connectivity index (χ4v) is 4.72. The molecule has 9 nitrogen and oxygen atoms in total. The number of ether oxygens (including phenoxy) is 1. The van der Waals surface area contributed by atoms with Gasteiger partial charge < -0.3 is 24.4 Å². The number of carboxylic acid groups (broad SMARTS) is 2. The minimum atomic E-state index is -1.26. The van der Waals surface area contributed by atoms with Gasteiger partial charge in [0.05, 0.1) is 12.3 Å². The van der Waals surface area contributed by atoms with Crippen molar-refractivity contribution in [3.05, 3.63) is 41.9 Å². The second-order valence-electron chi connectivity index (χ2n) is 10.1. The molecule has 1 aromatic carbocycles. The van der Waals surface area contributed by atoms with Crippen LogP contribution < -0.4 is 0 Å². The molecule has 222 valence electrons. The monoisotopic (exact) mass is 562 g/mol. The molecule has 1 saturated heterocycles. The summed E-state index contributed by atoms with van der Waals surface area (Å²) in [5.41, 5.74) is 1.50. The predicted molar refractivity (Wildman–Crippen MR) is 150 cm³/mol. The Morgan fingerprint density at radius 2 is 1.65 bits per heavy atom. The molecule has 0 aliphatic carbocycles. The van der Waals surface area contributed by atoms with Gasteiger partial charge in [0.1, 0.15) is 5.82 Å². The first-order valence-corrected chi connectivity index (χ1v) is 14.4. The van der Waals surface area contributed by atoms with Gasteiger partial charge in [-0.2, -0.15) is 0 Å². The molecular weight excluding hydrogens is 519 g/mol. The summed E-state index contributed by atoms with van der Waals surface area (Å²) in [6.07, 6.45) is 14.2. The summed E-state index contributed by atoms with van der Waals surface area (Å²) in [4.78, 5) is 33.4. The first kappa shape index (κ1) is 32.9. The Balaban J connectivity index is 0.000000611. The summed E-state index contributed by atoms with van der Waals surface area (Å²) in [7, 11) is 0. The van der Waals surface area contributed by atoms with Crippen LogP contribution in [0.2, 0.25) is 0 Å². The Bertz CT molecular complexity index is 1060. The van der Waals surface area contributed by atoms with Gasteiger partial charge in [0.25, 0.3) is 0 Å². The Hall–Kier alpha value is -3.27. The highest BCUT2D eigenvalue weighted by atomic mass is 19.1. The lowest BCUT2D eigenvalue weighted by Gasteiger charge is -2.31. The number of aromatic nitrogens is 1. The van der Waals surface area contributed by atoms with E-state index in [1.54, 1.807) is 6.07 Å². The van der Waals surface area contributed by atoms with E-state index in [-0.39, 0.29) is 11.8 Å². The van der Waals surface area contributed by atoms with Crippen molar-refractivity contribution in [2.24, 2.45) is 0 Å². The molecule has 2 aromatic rings. The van der Waals surface area contributed by atoms with Crippen LogP contribution in [-0.4, -0.2) is 64.4 Å². The average molecular weight is 563 g/mol. The summed E-state index contributed by atoms with van der Waals surface area (Å²) in [6.45, 7) is 5.85. The van der Waals surface area contributed by atoms with Crippen molar-refractivity contribution in [3.8, 4) is 0 Å². The quantitative estimate of drug-likeness (QED) is 0.137. The topological polar surface area (TPSA) is 130 Å².